The number of quaternary nitrogens is 1. The number of phosphoric acid groups is 1. The molecule has 0 saturated heterocycles. The second-order valence-electron chi connectivity index (χ2n) is 16.4. The summed E-state index contributed by atoms with van der Waals surface area (Å²) in [5, 5.41) is 0. The van der Waals surface area contributed by atoms with Crippen LogP contribution in [0.5, 0.6) is 0 Å². The Morgan fingerprint density at radius 2 is 1.00 bits per heavy atom. The van der Waals surface area contributed by atoms with Gasteiger partial charge >= 0.3 is 5.97 Å². The highest BCUT2D eigenvalue weighted by molar-refractivity contribution is 7.45. The molecule has 0 aromatic rings. The van der Waals surface area contributed by atoms with Gasteiger partial charge in [-0.1, -0.05) is 172 Å². The van der Waals surface area contributed by atoms with E-state index in [-0.39, 0.29) is 25.8 Å². The minimum absolute atomic E-state index is 0.0246. The van der Waals surface area contributed by atoms with Crippen molar-refractivity contribution in [3.63, 3.8) is 0 Å². The molecule has 9 heteroatoms. The maximum Gasteiger partial charge on any atom is 0.306 e. The molecule has 2 unspecified atom stereocenters. The van der Waals surface area contributed by atoms with Crippen LogP contribution in [0.3, 0.4) is 0 Å². The van der Waals surface area contributed by atoms with Gasteiger partial charge in [-0.25, -0.2) is 0 Å². The van der Waals surface area contributed by atoms with Gasteiger partial charge in [0.05, 0.1) is 34.4 Å². The molecule has 0 bridgehead atoms. The largest absolute Gasteiger partial charge is 0.756 e. The number of likely N-dealkylation sites (N-methyl/N-ethyl adjacent to an activating group) is 1. The Morgan fingerprint density at radius 3 is 1.49 bits per heavy atom. The number of esters is 1. The van der Waals surface area contributed by atoms with E-state index in [2.05, 4.69) is 50.3 Å². The molecule has 0 spiro atoms. The van der Waals surface area contributed by atoms with Crippen molar-refractivity contribution in [2.45, 2.75) is 200 Å². The number of rotatable bonds is 42. The summed E-state index contributed by atoms with van der Waals surface area (Å²) < 4.78 is 34.6. The highest BCUT2D eigenvalue weighted by atomic mass is 31.2. The van der Waals surface area contributed by atoms with Crippen molar-refractivity contribution in [3.8, 4) is 0 Å². The summed E-state index contributed by atoms with van der Waals surface area (Å²) >= 11 is 0. The topological polar surface area (TPSA) is 94.1 Å². The first-order valence-corrected chi connectivity index (χ1v) is 24.2. The molecule has 0 N–H and O–H groups in total. The van der Waals surface area contributed by atoms with E-state index >= 15 is 0 Å². The SMILES string of the molecule is CCCCCCC/C=C\C/C=C\C/C=C\CCCCCCCCCOCC(COP(=O)([O-])OCC[N+](C)(C)C)OC(=O)CCCCCCCCCCCCC. The molecule has 2 atom stereocenters. The number of nitrogens with zero attached hydrogens (tertiary/aromatic N) is 1. The van der Waals surface area contributed by atoms with Crippen LogP contribution in [0.15, 0.2) is 36.5 Å². The van der Waals surface area contributed by atoms with Gasteiger partial charge in [-0.05, 0) is 51.4 Å². The molecule has 0 radical (unpaired) electrons. The van der Waals surface area contributed by atoms with Gasteiger partial charge in [0.1, 0.15) is 19.3 Å². The summed E-state index contributed by atoms with van der Waals surface area (Å²) in [4.78, 5) is 25.0. The summed E-state index contributed by atoms with van der Waals surface area (Å²) in [6.45, 7) is 5.38. The summed E-state index contributed by atoms with van der Waals surface area (Å²) in [5.41, 5.74) is 0. The van der Waals surface area contributed by atoms with E-state index in [9.17, 15) is 14.3 Å². The predicted octanol–water partition coefficient (Wildman–Crippen LogP) is 12.8. The third-order valence-corrected chi connectivity index (χ3v) is 10.7. The predicted molar refractivity (Wildman–Crippen MR) is 231 cm³/mol. The molecule has 8 nitrogen and oxygen atoms in total. The second kappa shape index (κ2) is 39.5. The quantitative estimate of drug-likeness (QED) is 0.0200. The number of hydrogen-bond acceptors (Lipinski definition) is 7. The minimum atomic E-state index is -4.52. The maximum atomic E-state index is 12.6. The zero-order valence-electron chi connectivity index (χ0n) is 36.6. The van der Waals surface area contributed by atoms with Crippen LogP contribution >= 0.6 is 7.82 Å². The lowest BCUT2D eigenvalue weighted by molar-refractivity contribution is -0.870. The third kappa shape index (κ3) is 43.7. The van der Waals surface area contributed by atoms with Crippen molar-refractivity contribution < 1.29 is 37.3 Å². The van der Waals surface area contributed by atoms with Crippen molar-refractivity contribution in [2.75, 3.05) is 54.1 Å². The van der Waals surface area contributed by atoms with Crippen LogP contribution in [0, 0.1) is 0 Å². The van der Waals surface area contributed by atoms with Gasteiger partial charge in [0, 0.05) is 13.0 Å². The molecule has 0 rings (SSSR count). The Hall–Kier alpha value is -1.28. The molecular weight excluding hydrogens is 709 g/mol. The van der Waals surface area contributed by atoms with Crippen molar-refractivity contribution in [2.24, 2.45) is 0 Å². The molecule has 55 heavy (non-hydrogen) atoms. The minimum Gasteiger partial charge on any atom is -0.756 e. The van der Waals surface area contributed by atoms with Gasteiger partial charge in [0.25, 0.3) is 7.82 Å². The number of hydrogen-bond donors (Lipinski definition) is 0. The number of phosphoric ester groups is 1. The standard InChI is InChI=1S/C46H88NO7P/c1-6-8-10-12-14-16-18-19-20-21-22-23-24-25-26-27-28-30-32-34-36-38-41-51-43-45(44-53-55(49,50)52-42-40-47(3,4)5)54-46(48)39-37-35-33-31-29-17-15-13-11-9-7-2/h18-19,21-22,24-25,45H,6-17,20,23,26-44H2,1-5H3/b19-18-,22-21-,25-24-. The van der Waals surface area contributed by atoms with Crippen molar-refractivity contribution >= 4 is 13.8 Å². The number of unbranched alkanes of at least 4 members (excludes halogenated alkanes) is 22. The lowest BCUT2D eigenvalue weighted by Crippen LogP contribution is -2.37. The fraction of sp³-hybridized carbons (Fsp3) is 0.848. The van der Waals surface area contributed by atoms with Gasteiger partial charge in [-0.3, -0.25) is 9.36 Å². The Bertz CT molecular complexity index is 978. The Balaban J connectivity index is 4.17. The zero-order valence-corrected chi connectivity index (χ0v) is 37.5. The van der Waals surface area contributed by atoms with Crippen LogP contribution < -0.4 is 4.89 Å². The molecule has 0 aliphatic carbocycles. The molecule has 0 aliphatic heterocycles. The zero-order chi connectivity index (χ0) is 40.6. The molecule has 0 amide bonds. The molecule has 324 valence electrons. The van der Waals surface area contributed by atoms with Gasteiger partial charge in [0.2, 0.25) is 0 Å². The first-order chi connectivity index (χ1) is 26.6. The van der Waals surface area contributed by atoms with Gasteiger partial charge in [-0.15, -0.1) is 0 Å². The summed E-state index contributed by atoms with van der Waals surface area (Å²) in [6.07, 6.45) is 45.9. The molecule has 0 aromatic carbocycles. The van der Waals surface area contributed by atoms with Crippen LogP contribution in [-0.2, 0) is 27.9 Å². The van der Waals surface area contributed by atoms with Crippen LogP contribution in [0.2, 0.25) is 0 Å². The van der Waals surface area contributed by atoms with E-state index in [1.807, 2.05) is 21.1 Å². The van der Waals surface area contributed by atoms with E-state index in [1.54, 1.807) is 0 Å². The van der Waals surface area contributed by atoms with Crippen LogP contribution in [-0.4, -0.2) is 70.7 Å². The van der Waals surface area contributed by atoms with Crippen LogP contribution in [0.1, 0.15) is 194 Å². The highest BCUT2D eigenvalue weighted by Gasteiger charge is 2.20. The first kappa shape index (κ1) is 53.7. The number of carbonyl (C=O) groups is 1. The smallest absolute Gasteiger partial charge is 0.306 e. The van der Waals surface area contributed by atoms with E-state index in [0.29, 0.717) is 24.1 Å². The van der Waals surface area contributed by atoms with E-state index in [0.717, 1.165) is 51.4 Å². The van der Waals surface area contributed by atoms with Gasteiger partial charge in [-0.2, -0.15) is 0 Å². The second-order valence-corrected chi connectivity index (χ2v) is 17.8. The third-order valence-electron chi connectivity index (χ3n) is 9.69. The Morgan fingerprint density at radius 1 is 0.564 bits per heavy atom. The fourth-order valence-electron chi connectivity index (χ4n) is 6.14. The number of ether oxygens (including phenoxy) is 2. The highest BCUT2D eigenvalue weighted by Crippen LogP contribution is 2.38. The molecule has 0 heterocycles. The molecule has 0 aliphatic rings. The summed E-state index contributed by atoms with van der Waals surface area (Å²) in [7, 11) is 1.35. The molecule has 0 aromatic heterocycles. The van der Waals surface area contributed by atoms with Crippen molar-refractivity contribution in [1.29, 1.82) is 0 Å². The Kier molecular flexibility index (Phi) is 38.6. The summed E-state index contributed by atoms with van der Waals surface area (Å²) in [5.74, 6) is -0.339. The van der Waals surface area contributed by atoms with E-state index in [4.69, 9.17) is 18.5 Å². The van der Waals surface area contributed by atoms with Crippen LogP contribution in [0.25, 0.3) is 0 Å². The van der Waals surface area contributed by atoms with Gasteiger partial charge in [0.15, 0.2) is 0 Å². The average Bonchev–Trinajstić information content (AvgIpc) is 3.13. The van der Waals surface area contributed by atoms with E-state index in [1.165, 1.54) is 122 Å². The van der Waals surface area contributed by atoms with E-state index < -0.39 is 13.9 Å². The monoisotopic (exact) mass is 798 g/mol. The normalized spacial score (nSPS) is 14.1. The molecule has 0 fully saturated rings. The maximum absolute atomic E-state index is 12.6. The fourth-order valence-corrected chi connectivity index (χ4v) is 6.87. The number of allylic oxidation sites excluding steroid dienone is 6. The van der Waals surface area contributed by atoms with Crippen molar-refractivity contribution in [1.82, 2.24) is 0 Å². The first-order valence-electron chi connectivity index (χ1n) is 22.7. The molecular formula is C46H88NO7P. The average molecular weight is 798 g/mol. The lowest BCUT2D eigenvalue weighted by atomic mass is 10.1. The Labute approximate surface area is 340 Å². The van der Waals surface area contributed by atoms with Crippen molar-refractivity contribution in [3.05, 3.63) is 36.5 Å². The lowest BCUT2D eigenvalue weighted by Gasteiger charge is -2.28. The molecule has 0 saturated carbocycles. The van der Waals surface area contributed by atoms with Gasteiger partial charge < -0.3 is 27.9 Å². The van der Waals surface area contributed by atoms with Crippen LogP contribution in [0.4, 0.5) is 0 Å². The number of carbonyl (C=O) groups excluding carboxylic acids is 1. The summed E-state index contributed by atoms with van der Waals surface area (Å²) in [6, 6.07) is 0.